The Bertz CT molecular complexity index is 855. The molecule has 0 bridgehead atoms. The van der Waals surface area contributed by atoms with Crippen molar-refractivity contribution in [2.75, 3.05) is 0 Å². The van der Waals surface area contributed by atoms with Crippen molar-refractivity contribution in [1.82, 2.24) is 4.98 Å². The van der Waals surface area contributed by atoms with Crippen LogP contribution in [0.2, 0.25) is 0 Å². The van der Waals surface area contributed by atoms with E-state index in [2.05, 4.69) is 4.98 Å². The summed E-state index contributed by atoms with van der Waals surface area (Å²) in [6.07, 6.45) is -3.74. The number of nitrogens with zero attached hydrogens (tertiary/aromatic N) is 1. The summed E-state index contributed by atoms with van der Waals surface area (Å²) < 4.78 is 62.6. The van der Waals surface area contributed by atoms with Crippen LogP contribution in [0.5, 0.6) is 11.5 Å². The molecule has 4 nitrogen and oxygen atoms in total. The quantitative estimate of drug-likeness (QED) is 0.581. The zero-order valence-corrected chi connectivity index (χ0v) is 14.2. The van der Waals surface area contributed by atoms with E-state index < -0.39 is 19.5 Å². The molecular weight excluding hydrogens is 366 g/mol. The topological polar surface area (TPSA) is 48.4 Å². The van der Waals surface area contributed by atoms with Crippen LogP contribution >= 0.6 is 7.60 Å². The second-order valence-corrected chi connectivity index (χ2v) is 7.08. The Labute approximate surface area is 147 Å². The van der Waals surface area contributed by atoms with Gasteiger partial charge in [0.25, 0.3) is 0 Å². The molecule has 3 rings (SSSR count). The van der Waals surface area contributed by atoms with Gasteiger partial charge in [-0.05, 0) is 36.4 Å². The third kappa shape index (κ3) is 4.24. The number of para-hydroxylation sites is 2. The Morgan fingerprint density at radius 1 is 0.769 bits per heavy atom. The number of aromatic nitrogens is 1. The number of benzene rings is 2. The molecule has 134 valence electrons. The maximum absolute atomic E-state index is 13.3. The van der Waals surface area contributed by atoms with Gasteiger partial charge in [0.2, 0.25) is 0 Å². The first kappa shape index (κ1) is 18.0. The summed E-state index contributed by atoms with van der Waals surface area (Å²) >= 11 is 0. The van der Waals surface area contributed by atoms with Crippen LogP contribution < -0.4 is 14.4 Å². The van der Waals surface area contributed by atoms with Gasteiger partial charge in [0.1, 0.15) is 22.5 Å². The molecule has 0 unspecified atom stereocenters. The van der Waals surface area contributed by atoms with Crippen molar-refractivity contribution in [2.24, 2.45) is 0 Å². The minimum atomic E-state index is -4.59. The van der Waals surface area contributed by atoms with Crippen molar-refractivity contribution in [2.45, 2.75) is 6.18 Å². The number of halogens is 3. The summed E-state index contributed by atoms with van der Waals surface area (Å²) in [7, 11) is -4.02. The Morgan fingerprint density at radius 3 is 1.65 bits per heavy atom. The molecule has 0 saturated heterocycles. The predicted octanol–water partition coefficient (Wildman–Crippen LogP) is 5.08. The van der Waals surface area contributed by atoms with Crippen LogP contribution in [-0.4, -0.2) is 4.98 Å². The number of alkyl halides is 3. The first-order valence-electron chi connectivity index (χ1n) is 7.50. The average Bonchev–Trinajstić information content (AvgIpc) is 2.63. The van der Waals surface area contributed by atoms with Gasteiger partial charge in [-0.2, -0.15) is 13.2 Å². The second-order valence-electron chi connectivity index (χ2n) is 5.21. The fourth-order valence-electron chi connectivity index (χ4n) is 2.08. The van der Waals surface area contributed by atoms with Crippen molar-refractivity contribution in [1.29, 1.82) is 0 Å². The maximum Gasteiger partial charge on any atom is 0.464 e. The molecule has 1 aromatic heterocycles. The molecule has 2 aromatic carbocycles. The van der Waals surface area contributed by atoms with E-state index in [1.165, 1.54) is 0 Å². The van der Waals surface area contributed by atoms with E-state index in [-0.39, 0.29) is 16.8 Å². The van der Waals surface area contributed by atoms with Crippen LogP contribution in [0, 0.1) is 0 Å². The van der Waals surface area contributed by atoms with E-state index in [1.54, 1.807) is 60.7 Å². The molecule has 0 amide bonds. The van der Waals surface area contributed by atoms with Crippen molar-refractivity contribution in [3.63, 3.8) is 0 Å². The molecule has 0 fully saturated rings. The standard InChI is InChI=1S/C18H13F3NO3P/c19-18(20,21)17-12-11-16(13-22-17)26(23,24-14-7-3-1-4-8-14)25-15-9-5-2-6-10-15/h1-13H. The fraction of sp³-hybridized carbons (Fsp3) is 0.0556. The molecular formula is C18H13F3NO3P. The van der Waals surface area contributed by atoms with E-state index in [9.17, 15) is 17.7 Å². The van der Waals surface area contributed by atoms with Crippen molar-refractivity contribution in [3.05, 3.63) is 84.7 Å². The number of rotatable bonds is 5. The molecule has 0 saturated carbocycles. The predicted molar refractivity (Wildman–Crippen MR) is 90.6 cm³/mol. The first-order chi connectivity index (χ1) is 12.4. The van der Waals surface area contributed by atoms with Crippen molar-refractivity contribution >= 4 is 12.9 Å². The lowest BCUT2D eigenvalue weighted by Crippen LogP contribution is -2.17. The van der Waals surface area contributed by atoms with E-state index in [1.807, 2.05) is 0 Å². The van der Waals surface area contributed by atoms with Gasteiger partial charge in [-0.25, -0.2) is 4.57 Å². The van der Waals surface area contributed by atoms with E-state index in [4.69, 9.17) is 9.05 Å². The molecule has 0 radical (unpaired) electrons. The number of pyridine rings is 1. The first-order valence-corrected chi connectivity index (χ1v) is 9.04. The highest BCUT2D eigenvalue weighted by Crippen LogP contribution is 2.47. The normalized spacial score (nSPS) is 11.8. The van der Waals surface area contributed by atoms with E-state index in [0.717, 1.165) is 18.3 Å². The fourth-order valence-corrected chi connectivity index (χ4v) is 3.58. The summed E-state index contributed by atoms with van der Waals surface area (Å²) in [5.74, 6) is 0.512. The summed E-state index contributed by atoms with van der Waals surface area (Å²) in [4.78, 5) is 3.34. The maximum atomic E-state index is 13.3. The summed E-state index contributed by atoms with van der Waals surface area (Å²) in [5.41, 5.74) is -1.09. The minimum Gasteiger partial charge on any atom is -0.413 e. The molecule has 8 heteroatoms. The lowest BCUT2D eigenvalue weighted by atomic mass is 10.3. The second kappa shape index (κ2) is 7.22. The highest BCUT2D eigenvalue weighted by Gasteiger charge is 2.36. The molecule has 26 heavy (non-hydrogen) atoms. The minimum absolute atomic E-state index is 0.0850. The van der Waals surface area contributed by atoms with Crippen LogP contribution in [0.3, 0.4) is 0 Å². The Hall–Kier alpha value is -2.79. The SMILES string of the molecule is O=P(Oc1ccccc1)(Oc1ccccc1)c1ccc(C(F)(F)F)nc1. The monoisotopic (exact) mass is 379 g/mol. The smallest absolute Gasteiger partial charge is 0.413 e. The molecule has 0 spiro atoms. The van der Waals surface area contributed by atoms with Gasteiger partial charge in [0.15, 0.2) is 0 Å². The average molecular weight is 379 g/mol. The third-order valence-electron chi connectivity index (χ3n) is 3.29. The van der Waals surface area contributed by atoms with Crippen molar-refractivity contribution < 1.29 is 26.8 Å². The van der Waals surface area contributed by atoms with E-state index >= 15 is 0 Å². The molecule has 0 atom stereocenters. The van der Waals surface area contributed by atoms with Crippen LogP contribution in [0.1, 0.15) is 5.69 Å². The Kier molecular flexibility index (Phi) is 5.00. The zero-order valence-electron chi connectivity index (χ0n) is 13.3. The summed E-state index contributed by atoms with van der Waals surface area (Å²) in [6.45, 7) is 0. The molecule has 1 heterocycles. The molecule has 0 aliphatic carbocycles. The Balaban J connectivity index is 1.98. The summed E-state index contributed by atoms with van der Waals surface area (Å²) in [6, 6.07) is 18.2. The molecule has 0 aliphatic heterocycles. The lowest BCUT2D eigenvalue weighted by molar-refractivity contribution is -0.141. The largest absolute Gasteiger partial charge is 0.464 e. The molecule has 0 aliphatic rings. The number of hydrogen-bond donors (Lipinski definition) is 0. The number of hydrogen-bond acceptors (Lipinski definition) is 4. The van der Waals surface area contributed by atoms with Crippen LogP contribution in [0.25, 0.3) is 0 Å². The van der Waals surface area contributed by atoms with Gasteiger partial charge >= 0.3 is 13.8 Å². The third-order valence-corrected chi connectivity index (χ3v) is 5.09. The van der Waals surface area contributed by atoms with Crippen molar-refractivity contribution in [3.8, 4) is 11.5 Å². The zero-order chi connectivity index (χ0) is 18.6. The van der Waals surface area contributed by atoms with Crippen LogP contribution in [0.15, 0.2) is 79.0 Å². The van der Waals surface area contributed by atoms with Crippen LogP contribution in [0.4, 0.5) is 13.2 Å². The molecule has 0 N–H and O–H groups in total. The summed E-state index contributed by atoms with van der Waals surface area (Å²) in [5, 5.41) is -0.0850. The highest BCUT2D eigenvalue weighted by molar-refractivity contribution is 7.63. The van der Waals surface area contributed by atoms with Crippen LogP contribution in [-0.2, 0) is 10.7 Å². The highest BCUT2D eigenvalue weighted by atomic mass is 31.2. The molecule has 3 aromatic rings. The van der Waals surface area contributed by atoms with Gasteiger partial charge < -0.3 is 9.05 Å². The van der Waals surface area contributed by atoms with Gasteiger partial charge in [-0.3, -0.25) is 4.98 Å². The van der Waals surface area contributed by atoms with E-state index in [0.29, 0.717) is 0 Å². The van der Waals surface area contributed by atoms with Gasteiger partial charge in [0.05, 0.1) is 0 Å². The lowest BCUT2D eigenvalue weighted by Gasteiger charge is -2.20. The van der Waals surface area contributed by atoms with Gasteiger partial charge in [-0.15, -0.1) is 0 Å². The van der Waals surface area contributed by atoms with Gasteiger partial charge in [0, 0.05) is 6.20 Å². The Morgan fingerprint density at radius 2 is 1.27 bits per heavy atom. The van der Waals surface area contributed by atoms with Gasteiger partial charge in [-0.1, -0.05) is 36.4 Å².